The lowest BCUT2D eigenvalue weighted by molar-refractivity contribution is -0.114. The summed E-state index contributed by atoms with van der Waals surface area (Å²) in [6.45, 7) is 1.46. The number of nitrogens with zero attached hydrogens (tertiary/aromatic N) is 4. The summed E-state index contributed by atoms with van der Waals surface area (Å²) in [5.74, 6) is -0.473. The van der Waals surface area contributed by atoms with Crippen LogP contribution in [0.3, 0.4) is 0 Å². The molecule has 0 fully saturated rings. The third-order valence-corrected chi connectivity index (χ3v) is 6.44. The van der Waals surface area contributed by atoms with E-state index >= 15 is 0 Å². The second-order valence-corrected chi connectivity index (χ2v) is 8.71. The van der Waals surface area contributed by atoms with Gasteiger partial charge in [-0.05, 0) is 48.2 Å². The van der Waals surface area contributed by atoms with Gasteiger partial charge < -0.3 is 0 Å². The fourth-order valence-corrected chi connectivity index (χ4v) is 4.58. The van der Waals surface area contributed by atoms with Gasteiger partial charge in [-0.1, -0.05) is 60.1 Å². The Labute approximate surface area is 199 Å². The Balaban J connectivity index is 1.70. The molecular formula is C25H17ClN4O2S. The maximum atomic E-state index is 13.7. The van der Waals surface area contributed by atoms with Gasteiger partial charge in [0.15, 0.2) is 10.8 Å². The van der Waals surface area contributed by atoms with Gasteiger partial charge in [0, 0.05) is 17.5 Å². The Morgan fingerprint density at radius 2 is 1.42 bits per heavy atom. The van der Waals surface area contributed by atoms with Gasteiger partial charge in [-0.3, -0.25) is 9.59 Å². The van der Waals surface area contributed by atoms with E-state index in [4.69, 9.17) is 16.7 Å². The Morgan fingerprint density at radius 3 is 2.06 bits per heavy atom. The van der Waals surface area contributed by atoms with Gasteiger partial charge in [-0.15, -0.1) is 0 Å². The molecule has 0 N–H and O–H groups in total. The van der Waals surface area contributed by atoms with Gasteiger partial charge in [0.05, 0.1) is 11.4 Å². The molecule has 2 aliphatic heterocycles. The second kappa shape index (κ2) is 8.69. The van der Waals surface area contributed by atoms with Crippen LogP contribution in [-0.2, 0) is 9.59 Å². The highest BCUT2D eigenvalue weighted by Gasteiger charge is 2.40. The maximum absolute atomic E-state index is 13.7. The van der Waals surface area contributed by atoms with E-state index in [1.54, 1.807) is 29.3 Å². The van der Waals surface area contributed by atoms with Gasteiger partial charge in [0.25, 0.3) is 5.91 Å². The van der Waals surface area contributed by atoms with E-state index in [9.17, 15) is 9.59 Å². The summed E-state index contributed by atoms with van der Waals surface area (Å²) in [5, 5.41) is 13.6. The number of anilines is 2. The zero-order valence-electron chi connectivity index (χ0n) is 17.5. The molecule has 6 nitrogen and oxygen atoms in total. The number of thioether (sulfide) groups is 1. The van der Waals surface area contributed by atoms with Crippen molar-refractivity contribution >= 4 is 57.2 Å². The van der Waals surface area contributed by atoms with Crippen LogP contribution in [0.4, 0.5) is 11.4 Å². The van der Waals surface area contributed by atoms with Crippen molar-refractivity contribution in [2.45, 2.75) is 6.92 Å². The third-order valence-electron chi connectivity index (χ3n) is 5.05. The molecule has 0 atom stereocenters. The van der Waals surface area contributed by atoms with Gasteiger partial charge in [0.2, 0.25) is 0 Å². The van der Waals surface area contributed by atoms with Crippen molar-refractivity contribution in [2.75, 3.05) is 10.0 Å². The van der Waals surface area contributed by atoms with E-state index in [1.807, 2.05) is 60.7 Å². The Hall–Kier alpha value is -3.68. The lowest BCUT2D eigenvalue weighted by Crippen LogP contribution is -2.24. The molecule has 2 aliphatic rings. The summed E-state index contributed by atoms with van der Waals surface area (Å²) < 4.78 is 0. The minimum Gasteiger partial charge on any atom is -0.292 e. The standard InChI is InChI=1S/C25H17ClN4O2S/c1-16(31)23-28-30(20-14-12-18(26)13-15-20)25(33-23)21-22(17-8-4-2-5-9-17)27-29(24(21)32)19-10-6-3-7-11-19/h2-15H,1H3/b25-21-. The van der Waals surface area contributed by atoms with Crippen LogP contribution >= 0.6 is 23.4 Å². The van der Waals surface area contributed by atoms with Crippen molar-refractivity contribution in [2.24, 2.45) is 10.2 Å². The first kappa shape index (κ1) is 21.2. The van der Waals surface area contributed by atoms with Crippen molar-refractivity contribution < 1.29 is 9.59 Å². The first-order valence-electron chi connectivity index (χ1n) is 10.1. The first-order chi connectivity index (χ1) is 16.0. The number of Topliss-reactive ketones (excluding diaryl/α,β-unsaturated/α-hetero) is 1. The summed E-state index contributed by atoms with van der Waals surface area (Å²) in [7, 11) is 0. The van der Waals surface area contributed by atoms with Crippen LogP contribution in [0.5, 0.6) is 0 Å². The normalized spacial score (nSPS) is 17.9. The van der Waals surface area contributed by atoms with Gasteiger partial charge in [-0.2, -0.15) is 15.2 Å². The average molecular weight is 473 g/mol. The largest absolute Gasteiger partial charge is 0.292 e. The Morgan fingerprint density at radius 1 is 0.818 bits per heavy atom. The molecule has 0 radical (unpaired) electrons. The smallest absolute Gasteiger partial charge is 0.283 e. The van der Waals surface area contributed by atoms with Crippen LogP contribution in [0.1, 0.15) is 12.5 Å². The molecular weight excluding hydrogens is 456 g/mol. The van der Waals surface area contributed by atoms with Gasteiger partial charge in [-0.25, -0.2) is 5.01 Å². The predicted octanol–water partition coefficient (Wildman–Crippen LogP) is 5.46. The minimum atomic E-state index is -0.290. The summed E-state index contributed by atoms with van der Waals surface area (Å²) in [6.07, 6.45) is 0. The number of rotatable bonds is 4. The molecule has 8 heteroatoms. The maximum Gasteiger partial charge on any atom is 0.283 e. The van der Waals surface area contributed by atoms with E-state index in [-0.39, 0.29) is 11.7 Å². The molecule has 0 bridgehead atoms. The van der Waals surface area contributed by atoms with Crippen molar-refractivity contribution in [1.29, 1.82) is 0 Å². The number of ketones is 1. The monoisotopic (exact) mass is 472 g/mol. The number of hydrogen-bond donors (Lipinski definition) is 0. The molecule has 1 amide bonds. The Bertz CT molecular complexity index is 1340. The highest BCUT2D eigenvalue weighted by molar-refractivity contribution is 8.19. The van der Waals surface area contributed by atoms with Crippen molar-refractivity contribution in [3.63, 3.8) is 0 Å². The van der Waals surface area contributed by atoms with E-state index in [0.29, 0.717) is 37.8 Å². The van der Waals surface area contributed by atoms with Crippen LogP contribution < -0.4 is 10.0 Å². The molecule has 2 heterocycles. The van der Waals surface area contributed by atoms with Crippen LogP contribution in [0.2, 0.25) is 5.02 Å². The number of hydrazone groups is 2. The molecule has 3 aromatic carbocycles. The molecule has 0 saturated heterocycles. The van der Waals surface area contributed by atoms with E-state index < -0.39 is 0 Å². The SMILES string of the molecule is CC(=O)C1=NN(c2ccc(Cl)cc2)/C(=C2/C(=O)N(c3ccccc3)N=C2c2ccccc2)S1. The zero-order chi connectivity index (χ0) is 22.9. The van der Waals surface area contributed by atoms with E-state index in [0.717, 1.165) is 5.56 Å². The van der Waals surface area contributed by atoms with Gasteiger partial charge >= 0.3 is 0 Å². The molecule has 0 unspecified atom stereocenters. The number of benzene rings is 3. The Kier molecular flexibility index (Phi) is 5.58. The lowest BCUT2D eigenvalue weighted by Gasteiger charge is -2.18. The summed E-state index contributed by atoms with van der Waals surface area (Å²) >= 11 is 7.24. The fraction of sp³-hybridized carbons (Fsp3) is 0.0400. The minimum absolute atomic E-state index is 0.182. The van der Waals surface area contributed by atoms with Crippen LogP contribution in [0.25, 0.3) is 0 Å². The molecule has 3 aromatic rings. The van der Waals surface area contributed by atoms with Crippen LogP contribution in [0.15, 0.2) is 106 Å². The molecule has 5 rings (SSSR count). The van der Waals surface area contributed by atoms with Gasteiger partial charge in [0.1, 0.15) is 16.3 Å². The highest BCUT2D eigenvalue weighted by Crippen LogP contribution is 2.40. The number of hydrogen-bond acceptors (Lipinski definition) is 6. The van der Waals surface area contributed by atoms with E-state index in [2.05, 4.69) is 5.10 Å². The summed E-state index contributed by atoms with van der Waals surface area (Å²) in [4.78, 5) is 25.9. The molecule has 33 heavy (non-hydrogen) atoms. The third kappa shape index (κ3) is 3.97. The van der Waals surface area contributed by atoms with E-state index in [1.165, 1.54) is 23.7 Å². The number of carbonyl (C=O) groups excluding carboxylic acids is 2. The topological polar surface area (TPSA) is 65.3 Å². The molecule has 162 valence electrons. The van der Waals surface area contributed by atoms with Crippen LogP contribution in [0, 0.1) is 0 Å². The first-order valence-corrected chi connectivity index (χ1v) is 11.3. The molecule has 0 saturated carbocycles. The zero-order valence-corrected chi connectivity index (χ0v) is 19.0. The lowest BCUT2D eigenvalue weighted by atomic mass is 10.0. The molecule has 0 spiro atoms. The quantitative estimate of drug-likeness (QED) is 0.473. The predicted molar refractivity (Wildman–Crippen MR) is 134 cm³/mol. The highest BCUT2D eigenvalue weighted by atomic mass is 35.5. The van der Waals surface area contributed by atoms with Crippen molar-refractivity contribution in [3.8, 4) is 0 Å². The number of amides is 1. The molecule has 0 aliphatic carbocycles. The fourth-order valence-electron chi connectivity index (χ4n) is 3.49. The van der Waals surface area contributed by atoms with Crippen LogP contribution in [-0.4, -0.2) is 22.4 Å². The summed E-state index contributed by atoms with van der Waals surface area (Å²) in [6, 6.07) is 25.8. The number of carbonyl (C=O) groups is 2. The van der Waals surface area contributed by atoms with Crippen molar-refractivity contribution in [3.05, 3.63) is 106 Å². The van der Waals surface area contributed by atoms with Crippen molar-refractivity contribution in [1.82, 2.24) is 0 Å². The average Bonchev–Trinajstić information content (AvgIpc) is 3.42. The molecule has 0 aromatic heterocycles. The second-order valence-electron chi connectivity index (χ2n) is 7.30. The summed E-state index contributed by atoms with van der Waals surface area (Å²) in [5.41, 5.74) is 3.03. The number of para-hydroxylation sites is 1. The number of halogens is 1.